The molecule has 2 fully saturated rings. The molecule has 0 atom stereocenters. The second-order valence-electron chi connectivity index (χ2n) is 10.8. The molecule has 4 aromatic rings. The highest BCUT2D eigenvalue weighted by molar-refractivity contribution is 7.17. The van der Waals surface area contributed by atoms with Crippen molar-refractivity contribution in [3.05, 3.63) is 70.5 Å². The van der Waals surface area contributed by atoms with Crippen LogP contribution in [-0.2, 0) is 17.5 Å². The first kappa shape index (κ1) is 24.9. The van der Waals surface area contributed by atoms with E-state index < -0.39 is 11.9 Å². The number of hydrogen-bond donors (Lipinski definition) is 1. The molecule has 0 unspecified atom stereocenters. The summed E-state index contributed by atoms with van der Waals surface area (Å²) in [6.07, 6.45) is 1.16. The Labute approximate surface area is 221 Å². The van der Waals surface area contributed by atoms with Gasteiger partial charge in [-0.05, 0) is 74.8 Å². The molecule has 2 aliphatic carbocycles. The molecule has 0 bridgehead atoms. The number of amides is 1. The summed E-state index contributed by atoms with van der Waals surface area (Å²) in [5, 5.41) is 9.06. The highest BCUT2D eigenvalue weighted by Crippen LogP contribution is 2.58. The monoisotopic (exact) mass is 540 g/mol. The van der Waals surface area contributed by atoms with E-state index in [1.165, 1.54) is 18.3 Å². The third-order valence-electron chi connectivity index (χ3n) is 8.01. The number of hydrogen-bond acceptors (Lipinski definition) is 4. The molecule has 3 heterocycles. The van der Waals surface area contributed by atoms with Gasteiger partial charge >= 0.3 is 6.18 Å². The highest BCUT2D eigenvalue weighted by Gasteiger charge is 2.54. The van der Waals surface area contributed by atoms with Crippen LogP contribution in [0.1, 0.15) is 59.9 Å². The maximum absolute atomic E-state index is 13.4. The van der Waals surface area contributed by atoms with Crippen molar-refractivity contribution in [1.29, 1.82) is 0 Å². The third kappa shape index (κ3) is 4.34. The van der Waals surface area contributed by atoms with Gasteiger partial charge in [-0.25, -0.2) is 4.68 Å². The molecule has 0 aliphatic heterocycles. The Balaban J connectivity index is 1.15. The Bertz CT molecular complexity index is 1530. The summed E-state index contributed by atoms with van der Waals surface area (Å²) >= 11 is 1.51. The van der Waals surface area contributed by atoms with Crippen molar-refractivity contribution in [2.45, 2.75) is 58.3 Å². The molecule has 2 aliphatic rings. The van der Waals surface area contributed by atoms with Gasteiger partial charge in [0.05, 0.1) is 27.2 Å². The largest absolute Gasteiger partial charge is 0.433 e. The molecule has 38 heavy (non-hydrogen) atoms. The summed E-state index contributed by atoms with van der Waals surface area (Å²) in [4.78, 5) is 24.7. The number of Topliss-reactive ketones (excluding diaryl/α,β-unsaturated/α-hetero) is 1. The zero-order chi connectivity index (χ0) is 26.8. The molecule has 3 aromatic heterocycles. The Hall–Kier alpha value is -3.40. The van der Waals surface area contributed by atoms with Crippen LogP contribution >= 0.6 is 11.3 Å². The van der Waals surface area contributed by atoms with E-state index in [1.54, 1.807) is 31.2 Å². The summed E-state index contributed by atoms with van der Waals surface area (Å²) < 4.78 is 44.1. The number of benzene rings is 1. The van der Waals surface area contributed by atoms with Crippen LogP contribution in [0.15, 0.2) is 48.0 Å². The molecule has 1 N–H and O–H groups in total. The van der Waals surface area contributed by atoms with E-state index in [0.717, 1.165) is 52.2 Å². The van der Waals surface area contributed by atoms with Crippen molar-refractivity contribution >= 4 is 33.2 Å². The van der Waals surface area contributed by atoms with Crippen LogP contribution in [0.5, 0.6) is 0 Å². The van der Waals surface area contributed by atoms with E-state index in [0.29, 0.717) is 23.5 Å². The minimum atomic E-state index is -4.50. The van der Waals surface area contributed by atoms with Gasteiger partial charge in [-0.1, -0.05) is 12.1 Å². The van der Waals surface area contributed by atoms with Gasteiger partial charge in [-0.15, -0.1) is 11.3 Å². The lowest BCUT2D eigenvalue weighted by atomic mass is 9.49. The van der Waals surface area contributed by atoms with E-state index in [2.05, 4.69) is 10.4 Å². The van der Waals surface area contributed by atoms with Crippen molar-refractivity contribution in [3.63, 3.8) is 0 Å². The lowest BCUT2D eigenvalue weighted by Crippen LogP contribution is -2.57. The number of fused-ring (bicyclic) bond motifs is 1. The zero-order valence-electron chi connectivity index (χ0n) is 21.0. The minimum Gasteiger partial charge on any atom is -0.349 e. The molecule has 6 rings (SSSR count). The van der Waals surface area contributed by atoms with Gasteiger partial charge in [0.25, 0.3) is 5.91 Å². The lowest BCUT2D eigenvalue weighted by Gasteiger charge is -2.57. The number of carbonyl (C=O) groups is 2. The number of aromatic nitrogens is 3. The van der Waals surface area contributed by atoms with Crippen molar-refractivity contribution in [1.82, 2.24) is 19.7 Å². The standard InChI is InChI=1S/C28H27F3N4O2S/c1-16-9-24(28(29,30)31)35(33-16)21-5-3-18(4-6-21)14-34-8-7-23-25(34)22(15-38-23)26(37)32-20-12-27(13-20)10-19(11-27)17(2)36/h3-9,15,19-20H,10-14H2,1-2H3,(H,32,37). The Kier molecular flexibility index (Phi) is 5.79. The molecular weight excluding hydrogens is 513 g/mol. The Morgan fingerprint density at radius 1 is 1.13 bits per heavy atom. The predicted octanol–water partition coefficient (Wildman–Crippen LogP) is 6.14. The second-order valence-corrected chi connectivity index (χ2v) is 11.8. The summed E-state index contributed by atoms with van der Waals surface area (Å²) in [5.41, 5.74) is 2.44. The van der Waals surface area contributed by atoms with Gasteiger partial charge in [0.15, 0.2) is 0 Å². The quantitative estimate of drug-likeness (QED) is 0.319. The van der Waals surface area contributed by atoms with E-state index in [-0.39, 0.29) is 29.1 Å². The molecular formula is C28H27F3N4O2S. The fourth-order valence-corrected chi connectivity index (χ4v) is 7.04. The van der Waals surface area contributed by atoms with Crippen LogP contribution in [0, 0.1) is 18.3 Å². The van der Waals surface area contributed by atoms with E-state index >= 15 is 0 Å². The number of thiophene rings is 1. The first-order valence-electron chi connectivity index (χ1n) is 12.6. The van der Waals surface area contributed by atoms with Gasteiger partial charge in [0.2, 0.25) is 0 Å². The maximum Gasteiger partial charge on any atom is 0.433 e. The number of aryl methyl sites for hydroxylation is 1. The average Bonchev–Trinajstić information content (AvgIpc) is 3.50. The average molecular weight is 541 g/mol. The van der Waals surface area contributed by atoms with Gasteiger partial charge in [-0.2, -0.15) is 18.3 Å². The van der Waals surface area contributed by atoms with Gasteiger partial charge < -0.3 is 9.88 Å². The SMILES string of the molecule is CC(=O)C1CC2(CC(NC(=O)c3csc4ccn(Cc5ccc(-n6nc(C)cc6C(F)(F)F)cc5)c34)C2)C1. The number of nitrogens with one attached hydrogen (secondary N) is 1. The molecule has 2 saturated carbocycles. The van der Waals surface area contributed by atoms with E-state index in [1.807, 2.05) is 22.2 Å². The Morgan fingerprint density at radius 2 is 1.84 bits per heavy atom. The lowest BCUT2D eigenvalue weighted by molar-refractivity contribution is -0.142. The number of carbonyl (C=O) groups excluding carboxylic acids is 2. The molecule has 0 saturated heterocycles. The number of nitrogens with zero attached hydrogens (tertiary/aromatic N) is 3. The van der Waals surface area contributed by atoms with Crippen molar-refractivity contribution in [3.8, 4) is 5.69 Å². The predicted molar refractivity (Wildman–Crippen MR) is 139 cm³/mol. The van der Waals surface area contributed by atoms with Crippen LogP contribution in [-0.4, -0.2) is 32.1 Å². The normalized spacial score (nSPS) is 22.9. The van der Waals surface area contributed by atoms with Crippen molar-refractivity contribution in [2.75, 3.05) is 0 Å². The van der Waals surface area contributed by atoms with Crippen LogP contribution in [0.4, 0.5) is 13.2 Å². The molecule has 6 nitrogen and oxygen atoms in total. The van der Waals surface area contributed by atoms with Crippen LogP contribution in [0.25, 0.3) is 15.9 Å². The molecule has 10 heteroatoms. The van der Waals surface area contributed by atoms with Gasteiger partial charge in [0, 0.05) is 30.1 Å². The summed E-state index contributed by atoms with van der Waals surface area (Å²) in [7, 11) is 0. The maximum atomic E-state index is 13.4. The number of alkyl halides is 3. The van der Waals surface area contributed by atoms with Crippen molar-refractivity contribution < 1.29 is 22.8 Å². The molecule has 0 radical (unpaired) electrons. The molecule has 1 spiro atoms. The summed E-state index contributed by atoms with van der Waals surface area (Å²) in [5.74, 6) is 0.361. The highest BCUT2D eigenvalue weighted by atomic mass is 32.1. The topological polar surface area (TPSA) is 68.9 Å². The van der Waals surface area contributed by atoms with Gasteiger partial charge in [0.1, 0.15) is 11.5 Å². The second kappa shape index (κ2) is 8.83. The summed E-state index contributed by atoms with van der Waals surface area (Å²) in [6.45, 7) is 3.67. The van der Waals surface area contributed by atoms with Crippen LogP contribution in [0.2, 0.25) is 0 Å². The van der Waals surface area contributed by atoms with E-state index in [4.69, 9.17) is 0 Å². The first-order valence-corrected chi connectivity index (χ1v) is 13.5. The van der Waals surface area contributed by atoms with Crippen LogP contribution < -0.4 is 5.32 Å². The number of rotatable bonds is 6. The van der Waals surface area contributed by atoms with Crippen LogP contribution in [0.3, 0.4) is 0 Å². The van der Waals surface area contributed by atoms with Crippen molar-refractivity contribution in [2.24, 2.45) is 11.3 Å². The summed E-state index contributed by atoms with van der Waals surface area (Å²) in [6, 6.07) is 9.96. The van der Waals surface area contributed by atoms with Gasteiger partial charge in [-0.3, -0.25) is 9.59 Å². The molecule has 1 amide bonds. The molecule has 1 aromatic carbocycles. The fourth-order valence-electron chi connectivity index (χ4n) is 6.10. The zero-order valence-corrected chi connectivity index (χ0v) is 21.8. The minimum absolute atomic E-state index is 0.0948. The fraction of sp³-hybridized carbons (Fsp3) is 0.393. The smallest absolute Gasteiger partial charge is 0.349 e. The number of halogens is 3. The van der Waals surface area contributed by atoms with E-state index in [9.17, 15) is 22.8 Å². The third-order valence-corrected chi connectivity index (χ3v) is 8.95. The first-order chi connectivity index (χ1) is 18.0. The Morgan fingerprint density at radius 3 is 2.50 bits per heavy atom. The molecule has 198 valence electrons. The number of ketones is 1.